The fourth-order valence-corrected chi connectivity index (χ4v) is 2.78. The van der Waals surface area contributed by atoms with Crippen molar-refractivity contribution in [1.82, 2.24) is 5.43 Å². The Hall–Kier alpha value is -2.14. The molecule has 0 atom stereocenters. The van der Waals surface area contributed by atoms with E-state index < -0.39 is 0 Å². The Morgan fingerprint density at radius 3 is 2.59 bits per heavy atom. The van der Waals surface area contributed by atoms with Crippen LogP contribution in [0.2, 0.25) is 0 Å². The Kier molecular flexibility index (Phi) is 5.33. The summed E-state index contributed by atoms with van der Waals surface area (Å²) >= 11 is 1.59. The Balaban J connectivity index is 1.90. The van der Waals surface area contributed by atoms with Crippen LogP contribution >= 0.6 is 11.3 Å². The van der Waals surface area contributed by atoms with E-state index in [0.717, 1.165) is 32.9 Å². The van der Waals surface area contributed by atoms with Crippen molar-refractivity contribution in [3.05, 3.63) is 50.7 Å². The van der Waals surface area contributed by atoms with Crippen LogP contribution in [0.15, 0.2) is 28.7 Å². The zero-order valence-corrected chi connectivity index (χ0v) is 14.1. The lowest BCUT2D eigenvalue weighted by atomic mass is 10.1. The van der Waals surface area contributed by atoms with Gasteiger partial charge in [0.2, 0.25) is 0 Å². The molecule has 0 fully saturated rings. The van der Waals surface area contributed by atoms with Crippen LogP contribution < -0.4 is 10.2 Å². The second-order valence-electron chi connectivity index (χ2n) is 5.20. The summed E-state index contributed by atoms with van der Waals surface area (Å²) < 4.78 is 5.64. The zero-order valence-electron chi connectivity index (χ0n) is 13.3. The molecule has 22 heavy (non-hydrogen) atoms. The summed E-state index contributed by atoms with van der Waals surface area (Å²) in [5, 5.41) is 5.95. The SMILES string of the molecule is Cc1ccsc1/C=N\NC(=O)COc1c(C)ccc(C)c1C. The van der Waals surface area contributed by atoms with Crippen LogP contribution in [0.5, 0.6) is 5.75 Å². The average molecular weight is 316 g/mol. The minimum absolute atomic E-state index is 0.0497. The Morgan fingerprint density at radius 1 is 1.18 bits per heavy atom. The smallest absolute Gasteiger partial charge is 0.277 e. The number of amides is 1. The number of nitrogens with zero attached hydrogens (tertiary/aromatic N) is 1. The Morgan fingerprint density at radius 2 is 1.91 bits per heavy atom. The van der Waals surface area contributed by atoms with Crippen LogP contribution in [-0.4, -0.2) is 18.7 Å². The lowest BCUT2D eigenvalue weighted by Gasteiger charge is -2.13. The predicted molar refractivity (Wildman–Crippen MR) is 90.9 cm³/mol. The van der Waals surface area contributed by atoms with E-state index >= 15 is 0 Å². The van der Waals surface area contributed by atoms with E-state index in [1.165, 1.54) is 0 Å². The van der Waals surface area contributed by atoms with Crippen molar-refractivity contribution in [3.8, 4) is 5.75 Å². The topological polar surface area (TPSA) is 50.7 Å². The number of thiophene rings is 1. The summed E-state index contributed by atoms with van der Waals surface area (Å²) in [6, 6.07) is 6.05. The first-order chi connectivity index (χ1) is 10.5. The van der Waals surface area contributed by atoms with E-state index in [9.17, 15) is 4.79 Å². The van der Waals surface area contributed by atoms with Crippen molar-refractivity contribution in [3.63, 3.8) is 0 Å². The maximum Gasteiger partial charge on any atom is 0.277 e. The van der Waals surface area contributed by atoms with Gasteiger partial charge in [-0.25, -0.2) is 5.43 Å². The number of ether oxygens (including phenoxy) is 1. The molecular formula is C17H20N2O2S. The van der Waals surface area contributed by atoms with Gasteiger partial charge in [-0.05, 0) is 61.4 Å². The number of rotatable bonds is 5. The van der Waals surface area contributed by atoms with E-state index in [1.54, 1.807) is 17.6 Å². The fourth-order valence-electron chi connectivity index (χ4n) is 2.00. The number of carbonyl (C=O) groups is 1. The van der Waals surface area contributed by atoms with Crippen LogP contribution in [0.1, 0.15) is 27.1 Å². The summed E-state index contributed by atoms with van der Waals surface area (Å²) in [5.74, 6) is 0.499. The van der Waals surface area contributed by atoms with Gasteiger partial charge >= 0.3 is 0 Å². The second kappa shape index (κ2) is 7.22. The highest BCUT2D eigenvalue weighted by molar-refractivity contribution is 7.11. The molecule has 0 spiro atoms. The molecule has 0 bridgehead atoms. The van der Waals surface area contributed by atoms with Crippen LogP contribution in [0, 0.1) is 27.7 Å². The molecule has 116 valence electrons. The molecule has 1 amide bonds. The van der Waals surface area contributed by atoms with Crippen LogP contribution in [0.4, 0.5) is 0 Å². The number of hydrogen-bond donors (Lipinski definition) is 1. The van der Waals surface area contributed by atoms with E-state index in [4.69, 9.17) is 4.74 Å². The molecule has 1 aromatic heterocycles. The highest BCUT2D eigenvalue weighted by atomic mass is 32.1. The number of nitrogens with one attached hydrogen (secondary N) is 1. The highest BCUT2D eigenvalue weighted by Gasteiger charge is 2.08. The third-order valence-corrected chi connectivity index (χ3v) is 4.45. The molecule has 0 aliphatic carbocycles. The van der Waals surface area contributed by atoms with Crippen LogP contribution in [-0.2, 0) is 4.79 Å². The molecule has 0 saturated carbocycles. The number of carbonyl (C=O) groups excluding carboxylic acids is 1. The molecule has 5 heteroatoms. The monoisotopic (exact) mass is 316 g/mol. The molecule has 0 aliphatic heterocycles. The first-order valence-electron chi connectivity index (χ1n) is 7.04. The van der Waals surface area contributed by atoms with Crippen molar-refractivity contribution < 1.29 is 9.53 Å². The minimum Gasteiger partial charge on any atom is -0.483 e. The lowest BCUT2D eigenvalue weighted by Crippen LogP contribution is -2.25. The molecular weight excluding hydrogens is 296 g/mol. The van der Waals surface area contributed by atoms with Crippen LogP contribution in [0.25, 0.3) is 0 Å². The number of hydrazone groups is 1. The third kappa shape index (κ3) is 3.95. The van der Waals surface area contributed by atoms with Crippen LogP contribution in [0.3, 0.4) is 0 Å². The number of aryl methyl sites for hydroxylation is 3. The first kappa shape index (κ1) is 16.2. The number of benzene rings is 1. The summed E-state index contributed by atoms with van der Waals surface area (Å²) in [7, 11) is 0. The molecule has 1 heterocycles. The number of hydrogen-bond acceptors (Lipinski definition) is 4. The van der Waals surface area contributed by atoms with E-state index in [2.05, 4.69) is 10.5 Å². The molecule has 2 rings (SSSR count). The molecule has 1 aromatic carbocycles. The standard InChI is InChI=1S/C17H20N2O2S/c1-11-5-6-13(3)17(14(11)4)21-10-16(20)19-18-9-15-12(2)7-8-22-15/h5-9H,10H2,1-4H3,(H,19,20)/b18-9-. The van der Waals surface area contributed by atoms with Gasteiger partial charge in [0, 0.05) is 4.88 Å². The zero-order chi connectivity index (χ0) is 16.1. The summed E-state index contributed by atoms with van der Waals surface area (Å²) in [5.41, 5.74) is 6.86. The summed E-state index contributed by atoms with van der Waals surface area (Å²) in [6.07, 6.45) is 1.65. The maximum atomic E-state index is 11.8. The van der Waals surface area contributed by atoms with Gasteiger partial charge < -0.3 is 4.74 Å². The maximum absolute atomic E-state index is 11.8. The summed E-state index contributed by atoms with van der Waals surface area (Å²) in [6.45, 7) is 7.94. The molecule has 4 nitrogen and oxygen atoms in total. The molecule has 0 aliphatic rings. The van der Waals surface area contributed by atoms with E-state index in [0.29, 0.717) is 0 Å². The van der Waals surface area contributed by atoms with Gasteiger partial charge in [0.25, 0.3) is 5.91 Å². The molecule has 0 unspecified atom stereocenters. The van der Waals surface area contributed by atoms with Gasteiger partial charge in [-0.15, -0.1) is 11.3 Å². The first-order valence-corrected chi connectivity index (χ1v) is 7.92. The van der Waals surface area contributed by atoms with E-state index in [1.807, 2.05) is 51.3 Å². The van der Waals surface area contributed by atoms with Gasteiger partial charge in [-0.1, -0.05) is 12.1 Å². The van der Waals surface area contributed by atoms with Gasteiger partial charge in [0.05, 0.1) is 6.21 Å². The van der Waals surface area contributed by atoms with Crippen molar-refractivity contribution in [2.75, 3.05) is 6.61 Å². The van der Waals surface area contributed by atoms with Crippen molar-refractivity contribution in [2.24, 2.45) is 5.10 Å². The van der Waals surface area contributed by atoms with Gasteiger partial charge in [0.1, 0.15) is 5.75 Å². The Labute approximate surface area is 134 Å². The quantitative estimate of drug-likeness (QED) is 0.678. The molecule has 0 radical (unpaired) electrons. The largest absolute Gasteiger partial charge is 0.483 e. The van der Waals surface area contributed by atoms with Crippen molar-refractivity contribution in [2.45, 2.75) is 27.7 Å². The Bertz CT molecular complexity index is 705. The van der Waals surface area contributed by atoms with Gasteiger partial charge in [-0.3, -0.25) is 4.79 Å². The third-order valence-electron chi connectivity index (χ3n) is 3.49. The molecule has 2 aromatic rings. The van der Waals surface area contributed by atoms with E-state index in [-0.39, 0.29) is 12.5 Å². The molecule has 1 N–H and O–H groups in total. The average Bonchev–Trinajstić information content (AvgIpc) is 2.89. The normalized spacial score (nSPS) is 10.9. The van der Waals surface area contributed by atoms with Gasteiger partial charge in [-0.2, -0.15) is 5.10 Å². The van der Waals surface area contributed by atoms with Crippen molar-refractivity contribution >= 4 is 23.5 Å². The second-order valence-corrected chi connectivity index (χ2v) is 6.15. The summed E-state index contributed by atoms with van der Waals surface area (Å²) in [4.78, 5) is 12.8. The molecule has 0 saturated heterocycles. The highest BCUT2D eigenvalue weighted by Crippen LogP contribution is 2.25. The fraction of sp³-hybridized carbons (Fsp3) is 0.294. The lowest BCUT2D eigenvalue weighted by molar-refractivity contribution is -0.123. The predicted octanol–water partition coefficient (Wildman–Crippen LogP) is 3.51. The van der Waals surface area contributed by atoms with Gasteiger partial charge in [0.15, 0.2) is 6.61 Å². The minimum atomic E-state index is -0.272. The van der Waals surface area contributed by atoms with Crippen molar-refractivity contribution in [1.29, 1.82) is 0 Å².